The van der Waals surface area contributed by atoms with Crippen LogP contribution in [0.1, 0.15) is 9.68 Å². The Morgan fingerprint density at radius 2 is 1.22 bits per heavy atom. The molecular weight excluding hydrogens is 617 g/mol. The van der Waals surface area contributed by atoms with Gasteiger partial charge in [0.05, 0.1) is 28.1 Å². The summed E-state index contributed by atoms with van der Waals surface area (Å²) in [4.78, 5) is 11.1. The van der Waals surface area contributed by atoms with Crippen molar-refractivity contribution in [2.75, 3.05) is 17.2 Å². The predicted molar refractivity (Wildman–Crippen MR) is 205 cm³/mol. The highest BCUT2D eigenvalue weighted by Crippen LogP contribution is 2.40. The summed E-state index contributed by atoms with van der Waals surface area (Å²) in [6, 6.07) is 56.9. The van der Waals surface area contributed by atoms with Gasteiger partial charge in [-0.1, -0.05) is 115 Å². The van der Waals surface area contributed by atoms with Gasteiger partial charge in [0.2, 0.25) is 0 Å². The van der Waals surface area contributed by atoms with Crippen LogP contribution in [-0.2, 0) is 4.94 Å². The van der Waals surface area contributed by atoms with Crippen molar-refractivity contribution >= 4 is 67.7 Å². The SMILES string of the molecule is [2H]C([2H])([2H])c1ccnc(-n2c3ccccc3c3ccc([Si](c4ccccc4)(c4ccccc4)c4cccc(N5ON(C)c6ccccc65)c4)cc32)c1. The average Bonchev–Trinajstić information content (AvgIpc) is 3.70. The minimum absolute atomic E-state index is 0.255. The topological polar surface area (TPSA) is 33.5 Å². The maximum Gasteiger partial charge on any atom is 0.179 e. The van der Waals surface area contributed by atoms with Crippen molar-refractivity contribution in [2.45, 2.75) is 6.85 Å². The molecule has 9 rings (SSSR count). The summed E-state index contributed by atoms with van der Waals surface area (Å²) in [5, 5.41) is 10.7. The molecule has 0 N–H and O–H groups in total. The van der Waals surface area contributed by atoms with Gasteiger partial charge in [0.15, 0.2) is 8.07 Å². The first-order valence-corrected chi connectivity index (χ1v) is 18.4. The number of pyridine rings is 1. The third-order valence-corrected chi connectivity index (χ3v) is 14.4. The molecular formula is C43H34N4OSi. The van der Waals surface area contributed by atoms with Crippen molar-refractivity contribution in [3.05, 3.63) is 176 Å². The molecule has 3 heterocycles. The molecule has 49 heavy (non-hydrogen) atoms. The molecule has 0 bridgehead atoms. The maximum atomic E-state index is 8.14. The number of hydrogen-bond acceptors (Lipinski definition) is 4. The molecule has 5 nitrogen and oxygen atoms in total. The molecule has 236 valence electrons. The maximum absolute atomic E-state index is 8.14. The van der Waals surface area contributed by atoms with Gasteiger partial charge in [-0.3, -0.25) is 4.57 Å². The number of rotatable bonds is 6. The fraction of sp³-hybridized carbons (Fsp3) is 0.0465. The van der Waals surface area contributed by atoms with Crippen LogP contribution >= 0.6 is 0 Å². The average molecular weight is 654 g/mol. The molecule has 0 atom stereocenters. The van der Waals surface area contributed by atoms with E-state index in [-0.39, 0.29) is 5.56 Å². The molecule has 0 unspecified atom stereocenters. The van der Waals surface area contributed by atoms with E-state index in [4.69, 9.17) is 14.0 Å². The van der Waals surface area contributed by atoms with Crippen molar-refractivity contribution in [3.8, 4) is 5.82 Å². The Labute approximate surface area is 291 Å². The van der Waals surface area contributed by atoms with E-state index in [9.17, 15) is 0 Å². The second kappa shape index (κ2) is 11.6. The highest BCUT2D eigenvalue weighted by molar-refractivity contribution is 7.20. The van der Waals surface area contributed by atoms with Crippen molar-refractivity contribution in [2.24, 2.45) is 0 Å². The van der Waals surface area contributed by atoms with Crippen LogP contribution in [0.25, 0.3) is 27.6 Å². The highest BCUT2D eigenvalue weighted by atomic mass is 28.3. The van der Waals surface area contributed by atoms with Crippen LogP contribution in [0.15, 0.2) is 170 Å². The molecule has 0 aliphatic carbocycles. The second-order valence-electron chi connectivity index (χ2n) is 12.4. The first-order chi connectivity index (χ1) is 25.3. The Morgan fingerprint density at radius 3 is 2.00 bits per heavy atom. The van der Waals surface area contributed by atoms with Gasteiger partial charge in [-0.25, -0.2) is 10.0 Å². The molecule has 0 amide bonds. The van der Waals surface area contributed by atoms with Gasteiger partial charge < -0.3 is 0 Å². The zero-order chi connectivity index (χ0) is 35.5. The number of hydrogen-bond donors (Lipinski definition) is 0. The fourth-order valence-corrected chi connectivity index (χ4v) is 12.3. The summed E-state index contributed by atoms with van der Waals surface area (Å²) in [5.41, 5.74) is 5.09. The molecule has 2 aromatic heterocycles. The van der Waals surface area contributed by atoms with E-state index in [2.05, 4.69) is 132 Å². The summed E-state index contributed by atoms with van der Waals surface area (Å²) < 4.78 is 26.5. The summed E-state index contributed by atoms with van der Waals surface area (Å²) in [6.07, 6.45) is 1.59. The standard InChI is InChI=1S/C43H34N4OSi/c1-31-26-27-44-43(28-31)46-39-21-10-9-20-37(39)38-25-24-36(30-42(38)46)49(33-15-5-3-6-16-33,34-17-7-4-8-18-34)35-19-13-14-32(29-35)47-41-23-12-11-22-40(41)45(2)48-47/h3-30H,1-2H3/i1D3. The number of para-hydroxylation sites is 3. The van der Waals surface area contributed by atoms with E-state index in [1.165, 1.54) is 20.7 Å². The van der Waals surface area contributed by atoms with Gasteiger partial charge in [-0.15, -0.1) is 4.94 Å². The van der Waals surface area contributed by atoms with Gasteiger partial charge in [-0.2, -0.15) is 5.06 Å². The van der Waals surface area contributed by atoms with Crippen LogP contribution in [0, 0.1) is 6.85 Å². The van der Waals surface area contributed by atoms with Crippen LogP contribution in [0.4, 0.5) is 17.1 Å². The normalized spacial score (nSPS) is 14.1. The van der Waals surface area contributed by atoms with Gasteiger partial charge in [0, 0.05) is 28.1 Å². The molecule has 8 aromatic rings. The fourth-order valence-electron chi connectivity index (χ4n) is 7.53. The number of benzene rings is 6. The molecule has 1 aliphatic rings. The number of aromatic nitrogens is 2. The number of nitrogens with zero attached hydrogens (tertiary/aromatic N) is 4. The van der Waals surface area contributed by atoms with E-state index < -0.39 is 14.9 Å². The number of aryl methyl sites for hydroxylation is 1. The lowest BCUT2D eigenvalue weighted by Gasteiger charge is -2.35. The quantitative estimate of drug-likeness (QED) is 0.139. The van der Waals surface area contributed by atoms with Crippen LogP contribution in [-0.4, -0.2) is 24.7 Å². The lowest BCUT2D eigenvalue weighted by atomic mass is 10.1. The van der Waals surface area contributed by atoms with Crippen molar-refractivity contribution < 1.29 is 9.05 Å². The Hall–Kier alpha value is -5.95. The van der Waals surface area contributed by atoms with Crippen molar-refractivity contribution in [1.29, 1.82) is 0 Å². The zero-order valence-corrected chi connectivity index (χ0v) is 27.9. The molecule has 1 aliphatic heterocycles. The number of anilines is 3. The van der Waals surface area contributed by atoms with E-state index in [1.54, 1.807) is 23.4 Å². The minimum atomic E-state index is -3.04. The molecule has 0 saturated carbocycles. The lowest BCUT2D eigenvalue weighted by Crippen LogP contribution is -2.74. The van der Waals surface area contributed by atoms with Gasteiger partial charge in [0.1, 0.15) is 5.82 Å². The monoisotopic (exact) mass is 653 g/mol. The van der Waals surface area contributed by atoms with Crippen LogP contribution in [0.5, 0.6) is 0 Å². The Kier molecular flexibility index (Phi) is 6.18. The second-order valence-corrected chi connectivity index (χ2v) is 16.2. The first kappa shape index (κ1) is 26.1. The predicted octanol–water partition coefficient (Wildman–Crippen LogP) is 7.30. The largest absolute Gasteiger partial charge is 0.294 e. The summed E-state index contributed by atoms with van der Waals surface area (Å²) >= 11 is 0. The van der Waals surface area contributed by atoms with Crippen LogP contribution in [0.3, 0.4) is 0 Å². The van der Waals surface area contributed by atoms with Crippen LogP contribution < -0.4 is 30.9 Å². The molecule has 6 heteroatoms. The third-order valence-electron chi connectivity index (χ3n) is 9.65. The van der Waals surface area contributed by atoms with E-state index >= 15 is 0 Å². The van der Waals surface area contributed by atoms with E-state index in [0.717, 1.165) is 38.9 Å². The molecule has 0 spiro atoms. The highest BCUT2D eigenvalue weighted by Gasteiger charge is 2.42. The Morgan fingerprint density at radius 1 is 0.571 bits per heavy atom. The van der Waals surface area contributed by atoms with Crippen molar-refractivity contribution in [3.63, 3.8) is 0 Å². The lowest BCUT2D eigenvalue weighted by molar-refractivity contribution is 0.142. The molecule has 0 saturated heterocycles. The number of fused-ring (bicyclic) bond motifs is 4. The van der Waals surface area contributed by atoms with Crippen molar-refractivity contribution in [1.82, 2.24) is 9.55 Å². The molecule has 0 radical (unpaired) electrons. The summed E-state index contributed by atoms with van der Waals surface area (Å²) in [5.74, 6) is 0.569. The first-order valence-electron chi connectivity index (χ1n) is 17.9. The van der Waals surface area contributed by atoms with Crippen LogP contribution in [0.2, 0.25) is 0 Å². The number of hydroxylamine groups is 1. The zero-order valence-electron chi connectivity index (χ0n) is 29.9. The van der Waals surface area contributed by atoms with E-state index in [1.807, 2.05) is 36.4 Å². The molecule has 0 fully saturated rings. The van der Waals surface area contributed by atoms with Gasteiger partial charge in [-0.05, 0) is 81.7 Å². The van der Waals surface area contributed by atoms with Gasteiger partial charge in [0.25, 0.3) is 0 Å². The Balaban J connectivity index is 1.35. The van der Waals surface area contributed by atoms with E-state index in [0.29, 0.717) is 5.82 Å². The Bertz CT molecular complexity index is 2550. The summed E-state index contributed by atoms with van der Waals surface area (Å²) in [6.45, 7) is -2.26. The molecule has 6 aromatic carbocycles. The smallest absolute Gasteiger partial charge is 0.179 e. The van der Waals surface area contributed by atoms with Gasteiger partial charge >= 0.3 is 0 Å². The third kappa shape index (κ3) is 4.60. The minimum Gasteiger partial charge on any atom is -0.294 e. The summed E-state index contributed by atoms with van der Waals surface area (Å²) in [7, 11) is -1.12.